The number of hydrogen-bond acceptors (Lipinski definition) is 4. The molecular weight excluding hydrogens is 268 g/mol. The Bertz CT molecular complexity index is 349. The summed E-state index contributed by atoms with van der Waals surface area (Å²) < 4.78 is 0.758. The Labute approximate surface area is 104 Å². The Kier molecular flexibility index (Phi) is 3.63. The summed E-state index contributed by atoms with van der Waals surface area (Å²) in [7, 11) is 0. The van der Waals surface area contributed by atoms with Crippen molar-refractivity contribution < 1.29 is 0 Å². The second kappa shape index (κ2) is 4.99. The topological polar surface area (TPSA) is 55.0 Å². The molecule has 0 aliphatic carbocycles. The Morgan fingerprint density at radius 2 is 2.38 bits per heavy atom. The molecule has 5 heteroatoms. The van der Waals surface area contributed by atoms with E-state index in [-0.39, 0.29) is 0 Å². The second-order valence-corrected chi connectivity index (χ2v) is 5.12. The first-order valence-corrected chi connectivity index (χ1v) is 6.53. The van der Waals surface area contributed by atoms with Gasteiger partial charge in [0.25, 0.3) is 0 Å². The molecule has 88 valence electrons. The number of hydrogen-bond donors (Lipinski definition) is 1. The molecule has 16 heavy (non-hydrogen) atoms. The van der Waals surface area contributed by atoms with Gasteiger partial charge in [0.2, 0.25) is 5.95 Å². The molecule has 1 atom stereocenters. The van der Waals surface area contributed by atoms with Crippen molar-refractivity contribution >= 4 is 27.7 Å². The summed E-state index contributed by atoms with van der Waals surface area (Å²) in [5.41, 5.74) is 5.71. The molecule has 1 saturated heterocycles. The highest BCUT2D eigenvalue weighted by Gasteiger charge is 2.23. The van der Waals surface area contributed by atoms with E-state index >= 15 is 0 Å². The summed E-state index contributed by atoms with van der Waals surface area (Å²) in [6, 6.07) is 1.73. The second-order valence-electron chi connectivity index (χ2n) is 4.30. The summed E-state index contributed by atoms with van der Waals surface area (Å²) in [4.78, 5) is 10.9. The molecule has 1 aliphatic rings. The monoisotopic (exact) mass is 284 g/mol. The van der Waals surface area contributed by atoms with Crippen molar-refractivity contribution in [2.24, 2.45) is 5.92 Å². The van der Waals surface area contributed by atoms with Crippen molar-refractivity contribution in [2.75, 3.05) is 23.7 Å². The van der Waals surface area contributed by atoms with Crippen LogP contribution in [0.1, 0.15) is 26.2 Å². The molecule has 2 rings (SSSR count). The van der Waals surface area contributed by atoms with E-state index in [2.05, 4.69) is 37.7 Å². The first kappa shape index (κ1) is 11.6. The molecule has 1 aromatic heterocycles. The minimum Gasteiger partial charge on any atom is -0.383 e. The summed E-state index contributed by atoms with van der Waals surface area (Å²) in [6.45, 7) is 4.33. The Morgan fingerprint density at radius 1 is 1.56 bits per heavy atom. The Morgan fingerprint density at radius 3 is 3.06 bits per heavy atom. The van der Waals surface area contributed by atoms with E-state index in [1.807, 2.05) is 0 Å². The molecule has 1 unspecified atom stereocenters. The van der Waals surface area contributed by atoms with Crippen molar-refractivity contribution in [3.63, 3.8) is 0 Å². The maximum Gasteiger partial charge on any atom is 0.228 e. The minimum atomic E-state index is 0.524. The largest absolute Gasteiger partial charge is 0.383 e. The van der Waals surface area contributed by atoms with Crippen LogP contribution in [0.4, 0.5) is 11.8 Å². The van der Waals surface area contributed by atoms with E-state index in [0.29, 0.717) is 5.82 Å². The fourth-order valence-corrected chi connectivity index (χ4v) is 2.62. The number of halogens is 1. The highest BCUT2D eigenvalue weighted by Crippen LogP contribution is 2.25. The third-order valence-corrected chi connectivity index (χ3v) is 3.37. The summed E-state index contributed by atoms with van der Waals surface area (Å²) in [5.74, 6) is 2.06. The molecule has 0 radical (unpaired) electrons. The zero-order valence-electron chi connectivity index (χ0n) is 9.49. The Hall–Kier alpha value is -0.840. The number of nitrogens with zero attached hydrogens (tertiary/aromatic N) is 3. The van der Waals surface area contributed by atoms with E-state index in [4.69, 9.17) is 5.73 Å². The van der Waals surface area contributed by atoms with E-state index in [1.165, 1.54) is 19.3 Å². The minimum absolute atomic E-state index is 0.524. The maximum atomic E-state index is 5.71. The summed E-state index contributed by atoms with van der Waals surface area (Å²) >= 11 is 3.35. The standard InChI is InChI=1S/C11H17BrN4/c1-2-3-8-4-5-16(7-8)11-14-9(12)6-10(13)15-11/h6,8H,2-5,7H2,1H3,(H2,13,14,15). The third kappa shape index (κ3) is 2.64. The van der Waals surface area contributed by atoms with Crippen LogP contribution < -0.4 is 10.6 Å². The first-order valence-electron chi connectivity index (χ1n) is 5.74. The van der Waals surface area contributed by atoms with E-state index in [1.54, 1.807) is 6.07 Å². The van der Waals surface area contributed by atoms with Gasteiger partial charge in [-0.3, -0.25) is 0 Å². The zero-order valence-corrected chi connectivity index (χ0v) is 11.1. The predicted octanol–water partition coefficient (Wildman–Crippen LogP) is 2.45. The lowest BCUT2D eigenvalue weighted by Gasteiger charge is -2.16. The van der Waals surface area contributed by atoms with E-state index in [0.717, 1.165) is 29.6 Å². The number of rotatable bonds is 3. The number of nitrogens with two attached hydrogens (primary N) is 1. The molecule has 1 fully saturated rings. The van der Waals surface area contributed by atoms with Crippen LogP contribution in [0.25, 0.3) is 0 Å². The molecule has 1 aliphatic heterocycles. The molecule has 0 aromatic carbocycles. The van der Waals surface area contributed by atoms with Crippen LogP contribution in [0, 0.1) is 5.92 Å². The molecule has 0 bridgehead atoms. The van der Waals surface area contributed by atoms with Crippen LogP contribution >= 0.6 is 15.9 Å². The Balaban J connectivity index is 2.08. The van der Waals surface area contributed by atoms with Gasteiger partial charge in [-0.1, -0.05) is 13.3 Å². The lowest BCUT2D eigenvalue weighted by molar-refractivity contribution is 0.529. The lowest BCUT2D eigenvalue weighted by Crippen LogP contribution is -2.22. The van der Waals surface area contributed by atoms with Gasteiger partial charge in [0.15, 0.2) is 0 Å². The zero-order chi connectivity index (χ0) is 11.5. The number of nitrogen functional groups attached to an aromatic ring is 1. The van der Waals surface area contributed by atoms with Crippen LogP contribution in [-0.4, -0.2) is 23.1 Å². The van der Waals surface area contributed by atoms with Crippen molar-refractivity contribution in [2.45, 2.75) is 26.2 Å². The average Bonchev–Trinajstić information content (AvgIpc) is 2.65. The molecule has 0 saturated carbocycles. The molecule has 0 spiro atoms. The fourth-order valence-electron chi connectivity index (χ4n) is 2.22. The van der Waals surface area contributed by atoms with Crippen LogP contribution in [0.2, 0.25) is 0 Å². The molecule has 1 aromatic rings. The van der Waals surface area contributed by atoms with E-state index in [9.17, 15) is 0 Å². The van der Waals surface area contributed by atoms with Gasteiger partial charge in [-0.2, -0.15) is 4.98 Å². The highest BCUT2D eigenvalue weighted by molar-refractivity contribution is 9.10. The van der Waals surface area contributed by atoms with Crippen LogP contribution in [0.15, 0.2) is 10.7 Å². The smallest absolute Gasteiger partial charge is 0.228 e. The summed E-state index contributed by atoms with van der Waals surface area (Å²) in [6.07, 6.45) is 3.78. The van der Waals surface area contributed by atoms with Gasteiger partial charge in [0, 0.05) is 19.2 Å². The van der Waals surface area contributed by atoms with Gasteiger partial charge in [-0.25, -0.2) is 4.98 Å². The van der Waals surface area contributed by atoms with Gasteiger partial charge in [0.05, 0.1) is 0 Å². The molecule has 2 N–H and O–H groups in total. The number of aromatic nitrogens is 2. The average molecular weight is 285 g/mol. The molecule has 4 nitrogen and oxygen atoms in total. The van der Waals surface area contributed by atoms with Gasteiger partial charge < -0.3 is 10.6 Å². The van der Waals surface area contributed by atoms with Gasteiger partial charge in [0.1, 0.15) is 10.4 Å². The highest BCUT2D eigenvalue weighted by atomic mass is 79.9. The van der Waals surface area contributed by atoms with Crippen LogP contribution in [-0.2, 0) is 0 Å². The molecular formula is C11H17BrN4. The fraction of sp³-hybridized carbons (Fsp3) is 0.636. The SMILES string of the molecule is CCCC1CCN(c2nc(N)cc(Br)n2)C1. The first-order chi connectivity index (χ1) is 7.69. The van der Waals surface area contributed by atoms with Gasteiger partial charge in [-0.05, 0) is 34.7 Å². The van der Waals surface area contributed by atoms with Gasteiger partial charge in [-0.15, -0.1) is 0 Å². The van der Waals surface area contributed by atoms with Crippen molar-refractivity contribution in [3.05, 3.63) is 10.7 Å². The van der Waals surface area contributed by atoms with Crippen molar-refractivity contribution in [1.29, 1.82) is 0 Å². The van der Waals surface area contributed by atoms with Crippen molar-refractivity contribution in [1.82, 2.24) is 9.97 Å². The van der Waals surface area contributed by atoms with Crippen molar-refractivity contribution in [3.8, 4) is 0 Å². The molecule has 0 amide bonds. The van der Waals surface area contributed by atoms with Gasteiger partial charge >= 0.3 is 0 Å². The van der Waals surface area contributed by atoms with E-state index < -0.39 is 0 Å². The lowest BCUT2D eigenvalue weighted by atomic mass is 10.0. The quantitative estimate of drug-likeness (QED) is 0.867. The number of anilines is 2. The van der Waals surface area contributed by atoms with Crippen LogP contribution in [0.3, 0.4) is 0 Å². The normalized spacial score (nSPS) is 20.4. The van der Waals surface area contributed by atoms with Crippen LogP contribution in [0.5, 0.6) is 0 Å². The predicted molar refractivity (Wildman–Crippen MR) is 69.4 cm³/mol. The molecule has 2 heterocycles. The summed E-state index contributed by atoms with van der Waals surface area (Å²) in [5, 5.41) is 0. The third-order valence-electron chi connectivity index (χ3n) is 2.97. The maximum absolute atomic E-state index is 5.71.